The molecule has 0 aliphatic heterocycles. The van der Waals surface area contributed by atoms with Crippen LogP contribution in [-0.4, -0.2) is 26.3 Å². The van der Waals surface area contributed by atoms with E-state index in [1.54, 1.807) is 13.1 Å². The predicted molar refractivity (Wildman–Crippen MR) is 78.4 cm³/mol. The van der Waals surface area contributed by atoms with Gasteiger partial charge in [-0.3, -0.25) is 0 Å². The van der Waals surface area contributed by atoms with Crippen LogP contribution in [0.4, 0.5) is 0 Å². The second kappa shape index (κ2) is 5.49. The molecule has 0 aromatic heterocycles. The number of hydrogen-bond acceptors (Lipinski definition) is 2. The smallest absolute Gasteiger partial charge is 0.207 e. The number of halogens is 2. The Morgan fingerprint density at radius 1 is 1.33 bits per heavy atom. The third kappa shape index (κ3) is 3.95. The lowest BCUT2D eigenvalue weighted by Gasteiger charge is -2.26. The molecule has 0 fully saturated rings. The SMILES string of the molecule is CN(CC(C)(C)C)S(=O)(=O)c1ccc(Cl)c(Br)c1. The molecule has 1 aromatic carbocycles. The van der Waals surface area contributed by atoms with Crippen molar-refractivity contribution < 1.29 is 8.42 Å². The minimum absolute atomic E-state index is 0.0918. The monoisotopic (exact) mass is 353 g/mol. The van der Waals surface area contributed by atoms with Gasteiger partial charge in [-0.2, -0.15) is 0 Å². The predicted octanol–water partition coefficient (Wildman–Crippen LogP) is 3.77. The highest BCUT2D eigenvalue weighted by Gasteiger charge is 2.25. The highest BCUT2D eigenvalue weighted by molar-refractivity contribution is 9.10. The van der Waals surface area contributed by atoms with Crippen LogP contribution in [0, 0.1) is 5.41 Å². The lowest BCUT2D eigenvalue weighted by Crippen LogP contribution is -2.34. The number of benzene rings is 1. The van der Waals surface area contributed by atoms with Crippen LogP contribution in [0.2, 0.25) is 5.02 Å². The molecule has 0 atom stereocenters. The van der Waals surface area contributed by atoms with Crippen LogP contribution in [0.5, 0.6) is 0 Å². The van der Waals surface area contributed by atoms with E-state index in [0.717, 1.165) is 0 Å². The molecule has 1 aromatic rings. The van der Waals surface area contributed by atoms with Crippen LogP contribution in [0.3, 0.4) is 0 Å². The van der Waals surface area contributed by atoms with E-state index in [1.807, 2.05) is 20.8 Å². The van der Waals surface area contributed by atoms with E-state index in [0.29, 0.717) is 16.0 Å². The molecule has 0 aliphatic carbocycles. The largest absolute Gasteiger partial charge is 0.242 e. The Morgan fingerprint density at radius 3 is 2.33 bits per heavy atom. The first kappa shape index (κ1) is 16.0. The van der Waals surface area contributed by atoms with Crippen LogP contribution in [-0.2, 0) is 10.0 Å². The van der Waals surface area contributed by atoms with Gasteiger partial charge in [-0.25, -0.2) is 12.7 Å². The molecule has 0 saturated heterocycles. The van der Waals surface area contributed by atoms with Gasteiger partial charge in [-0.1, -0.05) is 32.4 Å². The molecule has 0 spiro atoms. The first-order valence-electron chi connectivity index (χ1n) is 5.45. The van der Waals surface area contributed by atoms with Crippen LogP contribution >= 0.6 is 27.5 Å². The Balaban J connectivity index is 3.10. The maximum atomic E-state index is 12.3. The number of nitrogens with zero attached hydrogens (tertiary/aromatic N) is 1. The van der Waals surface area contributed by atoms with Crippen molar-refractivity contribution in [3.63, 3.8) is 0 Å². The van der Waals surface area contributed by atoms with Gasteiger partial charge < -0.3 is 0 Å². The van der Waals surface area contributed by atoms with E-state index in [-0.39, 0.29) is 10.3 Å². The number of rotatable bonds is 3. The Labute approximate surface area is 122 Å². The molecule has 6 heteroatoms. The highest BCUT2D eigenvalue weighted by atomic mass is 79.9. The first-order valence-corrected chi connectivity index (χ1v) is 8.06. The van der Waals surface area contributed by atoms with E-state index in [1.165, 1.54) is 16.4 Å². The Kier molecular flexibility index (Phi) is 4.87. The summed E-state index contributed by atoms with van der Waals surface area (Å²) in [6.45, 7) is 6.44. The summed E-state index contributed by atoms with van der Waals surface area (Å²) in [6, 6.07) is 4.61. The molecule has 0 radical (unpaired) electrons. The van der Waals surface area contributed by atoms with Gasteiger partial charge in [0, 0.05) is 18.1 Å². The van der Waals surface area contributed by atoms with Gasteiger partial charge in [0.2, 0.25) is 10.0 Å². The average molecular weight is 355 g/mol. The summed E-state index contributed by atoms with van der Waals surface area (Å²) in [6.07, 6.45) is 0. The van der Waals surface area contributed by atoms with Crippen molar-refractivity contribution in [2.75, 3.05) is 13.6 Å². The zero-order chi connectivity index (χ0) is 14.1. The fraction of sp³-hybridized carbons (Fsp3) is 0.500. The van der Waals surface area contributed by atoms with Crippen molar-refractivity contribution in [1.29, 1.82) is 0 Å². The van der Waals surface area contributed by atoms with Crippen molar-refractivity contribution in [3.05, 3.63) is 27.7 Å². The minimum atomic E-state index is -3.47. The third-order valence-corrected chi connectivity index (χ3v) is 5.31. The summed E-state index contributed by atoms with van der Waals surface area (Å²) in [5.41, 5.74) is -0.0918. The Morgan fingerprint density at radius 2 is 1.89 bits per heavy atom. The van der Waals surface area contributed by atoms with Crippen molar-refractivity contribution in [3.8, 4) is 0 Å². The lowest BCUT2D eigenvalue weighted by atomic mass is 9.97. The van der Waals surface area contributed by atoms with E-state index >= 15 is 0 Å². The van der Waals surface area contributed by atoms with Crippen LogP contribution in [0.1, 0.15) is 20.8 Å². The van der Waals surface area contributed by atoms with Gasteiger partial charge in [0.15, 0.2) is 0 Å². The first-order chi connectivity index (χ1) is 8.04. The molecule has 3 nitrogen and oxygen atoms in total. The molecule has 0 aliphatic rings. The third-order valence-electron chi connectivity index (χ3n) is 2.30. The van der Waals surface area contributed by atoms with E-state index < -0.39 is 10.0 Å². The van der Waals surface area contributed by atoms with Gasteiger partial charge in [0.05, 0.1) is 9.92 Å². The summed E-state index contributed by atoms with van der Waals surface area (Å²) in [5.74, 6) is 0. The molecule has 1 rings (SSSR count). The molecule has 0 N–H and O–H groups in total. The molecule has 0 saturated carbocycles. The summed E-state index contributed by atoms with van der Waals surface area (Å²) in [4.78, 5) is 0.241. The maximum Gasteiger partial charge on any atom is 0.242 e. The van der Waals surface area contributed by atoms with E-state index in [4.69, 9.17) is 11.6 Å². The zero-order valence-electron chi connectivity index (χ0n) is 10.9. The minimum Gasteiger partial charge on any atom is -0.207 e. The summed E-state index contributed by atoms with van der Waals surface area (Å²) in [5, 5.41) is 0.493. The molecule has 0 bridgehead atoms. The fourth-order valence-electron chi connectivity index (χ4n) is 1.57. The molecule has 0 heterocycles. The van der Waals surface area contributed by atoms with E-state index in [9.17, 15) is 8.42 Å². The van der Waals surface area contributed by atoms with E-state index in [2.05, 4.69) is 15.9 Å². The lowest BCUT2D eigenvalue weighted by molar-refractivity contribution is 0.311. The number of sulfonamides is 1. The molecular formula is C12H17BrClNO2S. The number of hydrogen-bond donors (Lipinski definition) is 0. The maximum absolute atomic E-state index is 12.3. The molecule has 0 unspecified atom stereocenters. The van der Waals surface area contributed by atoms with Gasteiger partial charge in [-0.05, 0) is 39.5 Å². The summed E-state index contributed by atoms with van der Waals surface area (Å²) >= 11 is 9.10. The molecular weight excluding hydrogens is 338 g/mol. The van der Waals surface area contributed by atoms with Gasteiger partial charge in [0.1, 0.15) is 0 Å². The molecule has 18 heavy (non-hydrogen) atoms. The van der Waals surface area contributed by atoms with Crippen molar-refractivity contribution in [2.45, 2.75) is 25.7 Å². The average Bonchev–Trinajstić information content (AvgIpc) is 2.19. The van der Waals surface area contributed by atoms with Crippen LogP contribution < -0.4 is 0 Å². The standard InChI is InChI=1S/C12H17BrClNO2S/c1-12(2,3)8-15(4)18(16,17)9-5-6-11(14)10(13)7-9/h5-7H,8H2,1-4H3. The van der Waals surface area contributed by atoms with Crippen molar-refractivity contribution in [1.82, 2.24) is 4.31 Å². The second-order valence-electron chi connectivity index (χ2n) is 5.40. The Bertz CT molecular complexity index is 537. The topological polar surface area (TPSA) is 37.4 Å². The molecule has 0 amide bonds. The van der Waals surface area contributed by atoms with Gasteiger partial charge >= 0.3 is 0 Å². The van der Waals surface area contributed by atoms with Gasteiger partial charge in [0.25, 0.3) is 0 Å². The van der Waals surface area contributed by atoms with Crippen LogP contribution in [0.25, 0.3) is 0 Å². The quantitative estimate of drug-likeness (QED) is 0.828. The fourth-order valence-corrected chi connectivity index (χ4v) is 3.64. The second-order valence-corrected chi connectivity index (χ2v) is 8.70. The molecule has 102 valence electrons. The Hall–Kier alpha value is -0.100. The highest BCUT2D eigenvalue weighted by Crippen LogP contribution is 2.27. The summed E-state index contributed by atoms with van der Waals surface area (Å²) < 4.78 is 26.6. The van der Waals surface area contributed by atoms with Gasteiger partial charge in [-0.15, -0.1) is 0 Å². The zero-order valence-corrected chi connectivity index (χ0v) is 14.0. The van der Waals surface area contributed by atoms with Crippen molar-refractivity contribution in [2.24, 2.45) is 5.41 Å². The summed E-state index contributed by atoms with van der Waals surface area (Å²) in [7, 11) is -1.88. The van der Waals surface area contributed by atoms with Crippen molar-refractivity contribution >= 4 is 37.6 Å². The van der Waals surface area contributed by atoms with Crippen LogP contribution in [0.15, 0.2) is 27.6 Å². The normalized spacial score (nSPS) is 13.1.